The van der Waals surface area contributed by atoms with Crippen LogP contribution in [0.4, 0.5) is 17.2 Å². The molecule has 5 heteroatoms. The molecule has 2 aromatic rings. The summed E-state index contributed by atoms with van der Waals surface area (Å²) >= 11 is 0. The fourth-order valence-electron chi connectivity index (χ4n) is 2.36. The average molecular weight is 241 g/mol. The van der Waals surface area contributed by atoms with E-state index in [1.54, 1.807) is 12.4 Å². The van der Waals surface area contributed by atoms with Crippen LogP contribution in [-0.4, -0.2) is 28.2 Å². The first-order valence-electron chi connectivity index (χ1n) is 5.94. The van der Waals surface area contributed by atoms with E-state index in [0.29, 0.717) is 0 Å². The number of hydrogen-bond donors (Lipinski definition) is 0. The molecule has 0 aromatic carbocycles. The van der Waals surface area contributed by atoms with Crippen molar-refractivity contribution in [2.75, 3.05) is 16.8 Å². The van der Waals surface area contributed by atoms with E-state index >= 15 is 0 Å². The van der Waals surface area contributed by atoms with Crippen molar-refractivity contribution in [2.45, 2.75) is 20.0 Å². The molecule has 1 unspecified atom stereocenters. The molecule has 3 rings (SSSR count). The predicted molar refractivity (Wildman–Crippen MR) is 71.0 cm³/mol. The normalized spacial score (nSPS) is 18.1. The molecular formula is C13H15N5. The standard InChI is InChI=1S/C13H15N5/c1-9-13(16-7-6-15-9)18-10(2)17(3)12-8-14-5-4-11(12)18/h4-8,10H,1-3H3. The summed E-state index contributed by atoms with van der Waals surface area (Å²) in [6.07, 6.45) is 7.35. The first-order valence-corrected chi connectivity index (χ1v) is 5.94. The first-order chi connectivity index (χ1) is 8.70. The van der Waals surface area contributed by atoms with Crippen molar-refractivity contribution in [3.05, 3.63) is 36.5 Å². The van der Waals surface area contributed by atoms with Crippen molar-refractivity contribution >= 4 is 17.2 Å². The SMILES string of the molecule is Cc1nccnc1N1c2ccncc2N(C)C1C. The summed E-state index contributed by atoms with van der Waals surface area (Å²) in [5.74, 6) is 0.904. The van der Waals surface area contributed by atoms with Gasteiger partial charge < -0.3 is 9.80 Å². The van der Waals surface area contributed by atoms with Crippen LogP contribution in [0, 0.1) is 6.92 Å². The van der Waals surface area contributed by atoms with Gasteiger partial charge in [0.1, 0.15) is 6.17 Å². The second kappa shape index (κ2) is 3.94. The van der Waals surface area contributed by atoms with Crippen molar-refractivity contribution in [3.63, 3.8) is 0 Å². The van der Waals surface area contributed by atoms with E-state index in [-0.39, 0.29) is 6.17 Å². The van der Waals surface area contributed by atoms with Gasteiger partial charge in [0, 0.05) is 25.6 Å². The van der Waals surface area contributed by atoms with E-state index in [1.165, 1.54) is 0 Å². The Morgan fingerprint density at radius 2 is 1.89 bits per heavy atom. The quantitative estimate of drug-likeness (QED) is 0.765. The summed E-state index contributed by atoms with van der Waals surface area (Å²) in [4.78, 5) is 17.4. The number of rotatable bonds is 1. The molecule has 92 valence electrons. The van der Waals surface area contributed by atoms with Gasteiger partial charge in [0.25, 0.3) is 0 Å². The lowest BCUT2D eigenvalue weighted by Crippen LogP contribution is -2.36. The molecule has 1 aliphatic heterocycles. The molecule has 0 saturated heterocycles. The van der Waals surface area contributed by atoms with Gasteiger partial charge in [-0.1, -0.05) is 0 Å². The van der Waals surface area contributed by atoms with E-state index < -0.39 is 0 Å². The van der Waals surface area contributed by atoms with Gasteiger partial charge in [0.2, 0.25) is 0 Å². The third-order valence-corrected chi connectivity index (χ3v) is 3.43. The minimum Gasteiger partial charge on any atom is -0.351 e. The number of pyridine rings is 1. The van der Waals surface area contributed by atoms with Gasteiger partial charge in [-0.2, -0.15) is 0 Å². The highest BCUT2D eigenvalue weighted by atomic mass is 15.4. The number of aromatic nitrogens is 3. The lowest BCUT2D eigenvalue weighted by Gasteiger charge is -2.27. The van der Waals surface area contributed by atoms with Crippen LogP contribution in [0.25, 0.3) is 0 Å². The van der Waals surface area contributed by atoms with Crippen molar-refractivity contribution < 1.29 is 0 Å². The summed E-state index contributed by atoms with van der Waals surface area (Å²) in [5.41, 5.74) is 3.18. The Kier molecular flexibility index (Phi) is 2.40. The molecule has 0 fully saturated rings. The minimum atomic E-state index is 0.208. The number of anilines is 3. The second-order valence-corrected chi connectivity index (χ2v) is 4.44. The monoisotopic (exact) mass is 241 g/mol. The van der Waals surface area contributed by atoms with Gasteiger partial charge in [0.15, 0.2) is 5.82 Å². The first kappa shape index (κ1) is 11.0. The van der Waals surface area contributed by atoms with E-state index in [9.17, 15) is 0 Å². The Morgan fingerprint density at radius 3 is 2.67 bits per heavy atom. The maximum atomic E-state index is 4.46. The van der Waals surface area contributed by atoms with Crippen molar-refractivity contribution in [1.82, 2.24) is 15.0 Å². The fraction of sp³-hybridized carbons (Fsp3) is 0.308. The highest BCUT2D eigenvalue weighted by Crippen LogP contribution is 2.42. The highest BCUT2D eigenvalue weighted by Gasteiger charge is 2.33. The molecule has 0 radical (unpaired) electrons. The topological polar surface area (TPSA) is 45.2 Å². The largest absolute Gasteiger partial charge is 0.351 e. The third-order valence-electron chi connectivity index (χ3n) is 3.43. The third kappa shape index (κ3) is 1.44. The molecular weight excluding hydrogens is 226 g/mol. The van der Waals surface area contributed by atoms with Gasteiger partial charge in [-0.15, -0.1) is 0 Å². The molecule has 0 bridgehead atoms. The predicted octanol–water partition coefficient (Wildman–Crippen LogP) is 2.11. The van der Waals surface area contributed by atoms with Gasteiger partial charge in [-0.3, -0.25) is 9.97 Å². The molecule has 5 nitrogen and oxygen atoms in total. The summed E-state index contributed by atoms with van der Waals surface area (Å²) in [6, 6.07) is 2.02. The average Bonchev–Trinajstić information content (AvgIpc) is 2.64. The highest BCUT2D eigenvalue weighted by molar-refractivity contribution is 5.81. The lowest BCUT2D eigenvalue weighted by molar-refractivity contribution is 0.722. The molecule has 2 aromatic heterocycles. The zero-order valence-corrected chi connectivity index (χ0v) is 10.7. The molecule has 0 saturated carbocycles. The van der Waals surface area contributed by atoms with Crippen LogP contribution in [0.5, 0.6) is 0 Å². The molecule has 3 heterocycles. The van der Waals surface area contributed by atoms with Crippen molar-refractivity contribution in [3.8, 4) is 0 Å². The minimum absolute atomic E-state index is 0.208. The van der Waals surface area contributed by atoms with Crippen LogP contribution in [-0.2, 0) is 0 Å². The summed E-state index contributed by atoms with van der Waals surface area (Å²) in [5, 5.41) is 0. The summed E-state index contributed by atoms with van der Waals surface area (Å²) < 4.78 is 0. The van der Waals surface area contributed by atoms with E-state index in [1.807, 2.05) is 25.4 Å². The lowest BCUT2D eigenvalue weighted by atomic mass is 10.3. The maximum Gasteiger partial charge on any atom is 0.156 e. The van der Waals surface area contributed by atoms with E-state index in [4.69, 9.17) is 0 Å². The second-order valence-electron chi connectivity index (χ2n) is 4.44. The number of fused-ring (bicyclic) bond motifs is 1. The Labute approximate surface area is 106 Å². The van der Waals surface area contributed by atoms with Crippen LogP contribution < -0.4 is 9.80 Å². The molecule has 0 N–H and O–H groups in total. The number of nitrogens with zero attached hydrogens (tertiary/aromatic N) is 5. The summed E-state index contributed by atoms with van der Waals surface area (Å²) in [6.45, 7) is 4.13. The van der Waals surface area contributed by atoms with Crippen molar-refractivity contribution in [2.24, 2.45) is 0 Å². The molecule has 0 amide bonds. The zero-order chi connectivity index (χ0) is 12.7. The Balaban J connectivity index is 2.16. The molecule has 18 heavy (non-hydrogen) atoms. The molecule has 1 atom stereocenters. The Hall–Kier alpha value is -2.17. The molecule has 0 aliphatic carbocycles. The smallest absolute Gasteiger partial charge is 0.156 e. The maximum absolute atomic E-state index is 4.46. The van der Waals surface area contributed by atoms with Crippen LogP contribution >= 0.6 is 0 Å². The van der Waals surface area contributed by atoms with Gasteiger partial charge >= 0.3 is 0 Å². The zero-order valence-electron chi connectivity index (χ0n) is 10.7. The van der Waals surface area contributed by atoms with Gasteiger partial charge in [-0.05, 0) is 19.9 Å². The Bertz CT molecular complexity index is 583. The van der Waals surface area contributed by atoms with E-state index in [0.717, 1.165) is 22.9 Å². The van der Waals surface area contributed by atoms with Crippen LogP contribution in [0.15, 0.2) is 30.9 Å². The van der Waals surface area contributed by atoms with Gasteiger partial charge in [-0.25, -0.2) is 4.98 Å². The van der Waals surface area contributed by atoms with Crippen LogP contribution in [0.3, 0.4) is 0 Å². The molecule has 1 aliphatic rings. The fourth-order valence-corrected chi connectivity index (χ4v) is 2.36. The summed E-state index contributed by atoms with van der Waals surface area (Å²) in [7, 11) is 2.07. The van der Waals surface area contributed by atoms with Crippen molar-refractivity contribution in [1.29, 1.82) is 0 Å². The molecule has 0 spiro atoms. The van der Waals surface area contributed by atoms with Crippen LogP contribution in [0.1, 0.15) is 12.6 Å². The number of hydrogen-bond acceptors (Lipinski definition) is 5. The Morgan fingerprint density at radius 1 is 1.11 bits per heavy atom. The van der Waals surface area contributed by atoms with Crippen LogP contribution in [0.2, 0.25) is 0 Å². The van der Waals surface area contributed by atoms with Gasteiger partial charge in [0.05, 0.1) is 23.3 Å². The number of aryl methyl sites for hydroxylation is 1. The van der Waals surface area contributed by atoms with E-state index in [2.05, 4.69) is 38.7 Å².